The van der Waals surface area contributed by atoms with Crippen LogP contribution in [0.1, 0.15) is 35.7 Å². The molecule has 6 heteroatoms. The third-order valence-corrected chi connectivity index (χ3v) is 5.46. The molecule has 2 aromatic rings. The minimum Gasteiger partial charge on any atom is -0.333 e. The first-order valence-electron chi connectivity index (χ1n) is 9.73. The first-order chi connectivity index (χ1) is 13.0. The van der Waals surface area contributed by atoms with Crippen LogP contribution in [-0.4, -0.2) is 59.1 Å². The number of benzene rings is 1. The first kappa shape index (κ1) is 19.4. The zero-order chi connectivity index (χ0) is 19.4. The first-order valence-corrected chi connectivity index (χ1v) is 9.73. The Morgan fingerprint density at radius 3 is 2.93 bits per heavy atom. The highest BCUT2D eigenvalue weighted by atomic mass is 16.2. The summed E-state index contributed by atoms with van der Waals surface area (Å²) in [5.74, 6) is 1.39. The zero-order valence-corrected chi connectivity index (χ0v) is 16.9. The van der Waals surface area contributed by atoms with Crippen LogP contribution >= 0.6 is 0 Å². The van der Waals surface area contributed by atoms with Gasteiger partial charge in [-0.25, -0.2) is 9.78 Å². The number of carbonyl (C=O) groups is 1. The van der Waals surface area contributed by atoms with Gasteiger partial charge < -0.3 is 19.7 Å². The number of anilines is 1. The van der Waals surface area contributed by atoms with Crippen LogP contribution in [0.15, 0.2) is 30.6 Å². The molecule has 1 aromatic heterocycles. The fourth-order valence-electron chi connectivity index (χ4n) is 3.63. The molecule has 1 atom stereocenters. The van der Waals surface area contributed by atoms with Gasteiger partial charge in [0.05, 0.1) is 0 Å². The number of nitrogens with one attached hydrogen (secondary N) is 1. The maximum atomic E-state index is 12.8. The molecule has 3 rings (SSSR count). The Morgan fingerprint density at radius 2 is 2.15 bits per heavy atom. The van der Waals surface area contributed by atoms with Crippen LogP contribution in [-0.2, 0) is 6.54 Å². The zero-order valence-electron chi connectivity index (χ0n) is 16.9. The average Bonchev–Trinajstić information content (AvgIpc) is 3.12. The van der Waals surface area contributed by atoms with E-state index in [-0.39, 0.29) is 6.03 Å². The van der Waals surface area contributed by atoms with Gasteiger partial charge in [0.15, 0.2) is 0 Å². The molecule has 0 bridgehead atoms. The normalized spacial score (nSPS) is 17.4. The van der Waals surface area contributed by atoms with Crippen molar-refractivity contribution in [2.45, 2.75) is 39.2 Å². The van der Waals surface area contributed by atoms with Gasteiger partial charge in [0.2, 0.25) is 0 Å². The van der Waals surface area contributed by atoms with Crippen LogP contribution in [0.2, 0.25) is 0 Å². The van der Waals surface area contributed by atoms with Crippen molar-refractivity contribution >= 4 is 11.7 Å². The molecule has 1 aromatic carbocycles. The molecule has 1 fully saturated rings. The molecule has 1 N–H and O–H groups in total. The summed E-state index contributed by atoms with van der Waals surface area (Å²) < 4.78 is 2.23. The Hall–Kier alpha value is -2.34. The minimum atomic E-state index is -0.0141. The smallest absolute Gasteiger partial charge is 0.321 e. The predicted molar refractivity (Wildman–Crippen MR) is 109 cm³/mol. The van der Waals surface area contributed by atoms with Gasteiger partial charge in [0.1, 0.15) is 5.82 Å². The van der Waals surface area contributed by atoms with Gasteiger partial charge in [-0.2, -0.15) is 0 Å². The molecule has 0 aliphatic carbocycles. The quantitative estimate of drug-likeness (QED) is 0.878. The maximum absolute atomic E-state index is 12.8. The molecule has 1 saturated heterocycles. The Labute approximate surface area is 162 Å². The number of aromatic nitrogens is 2. The number of urea groups is 1. The van der Waals surface area contributed by atoms with Crippen LogP contribution in [0.3, 0.4) is 0 Å². The molecule has 0 spiro atoms. The number of hydrogen-bond acceptors (Lipinski definition) is 3. The summed E-state index contributed by atoms with van der Waals surface area (Å²) in [7, 11) is 4.16. The van der Waals surface area contributed by atoms with Gasteiger partial charge in [-0.3, -0.25) is 0 Å². The molecule has 1 aliphatic heterocycles. The molecular formula is C21H31N5O. The molecule has 27 heavy (non-hydrogen) atoms. The lowest BCUT2D eigenvalue weighted by molar-refractivity contribution is 0.190. The Kier molecular flexibility index (Phi) is 6.16. The molecule has 1 unspecified atom stereocenters. The average molecular weight is 370 g/mol. The molecule has 2 heterocycles. The predicted octanol–water partition coefficient (Wildman–Crippen LogP) is 3.47. The van der Waals surface area contributed by atoms with Crippen LogP contribution in [0.25, 0.3) is 0 Å². The van der Waals surface area contributed by atoms with Crippen LogP contribution in [0, 0.1) is 13.8 Å². The van der Waals surface area contributed by atoms with Crippen LogP contribution in [0.4, 0.5) is 10.5 Å². The lowest BCUT2D eigenvalue weighted by Crippen LogP contribution is -2.42. The molecule has 0 saturated carbocycles. The Balaban J connectivity index is 1.66. The molecular weight excluding hydrogens is 338 g/mol. The van der Waals surface area contributed by atoms with E-state index in [0.717, 1.165) is 56.1 Å². The highest BCUT2D eigenvalue weighted by molar-refractivity contribution is 5.90. The topological polar surface area (TPSA) is 53.4 Å². The van der Waals surface area contributed by atoms with E-state index in [1.165, 1.54) is 5.56 Å². The van der Waals surface area contributed by atoms with Crippen LogP contribution < -0.4 is 5.32 Å². The van der Waals surface area contributed by atoms with Crippen molar-refractivity contribution in [3.05, 3.63) is 47.5 Å². The Morgan fingerprint density at radius 1 is 1.33 bits per heavy atom. The largest absolute Gasteiger partial charge is 0.333 e. The number of piperidine rings is 1. The van der Waals surface area contributed by atoms with Crippen molar-refractivity contribution in [1.82, 2.24) is 19.4 Å². The number of likely N-dealkylation sites (tertiary alicyclic amines) is 1. The molecule has 1 aliphatic rings. The van der Waals surface area contributed by atoms with Gasteiger partial charge in [0.25, 0.3) is 0 Å². The second kappa shape index (κ2) is 8.57. The van der Waals surface area contributed by atoms with Crippen LogP contribution in [0.5, 0.6) is 0 Å². The van der Waals surface area contributed by atoms with Gasteiger partial charge in [-0.05, 0) is 58.0 Å². The van der Waals surface area contributed by atoms with E-state index in [0.29, 0.717) is 5.92 Å². The number of hydrogen-bond donors (Lipinski definition) is 1. The van der Waals surface area contributed by atoms with E-state index < -0.39 is 0 Å². The van der Waals surface area contributed by atoms with Crippen molar-refractivity contribution in [1.29, 1.82) is 0 Å². The number of imidazole rings is 1. The summed E-state index contributed by atoms with van der Waals surface area (Å²) >= 11 is 0. The molecule has 146 valence electrons. The van der Waals surface area contributed by atoms with Gasteiger partial charge >= 0.3 is 6.03 Å². The van der Waals surface area contributed by atoms with Crippen molar-refractivity contribution in [3.8, 4) is 0 Å². The van der Waals surface area contributed by atoms with Gasteiger partial charge in [-0.1, -0.05) is 12.1 Å². The number of amides is 2. The summed E-state index contributed by atoms with van der Waals surface area (Å²) in [6, 6.07) is 6.00. The number of carbonyl (C=O) groups excluding carboxylic acids is 1. The molecule has 0 radical (unpaired) electrons. The van der Waals surface area contributed by atoms with Gasteiger partial charge in [0, 0.05) is 50.2 Å². The number of nitrogens with zero attached hydrogens (tertiary/aromatic N) is 4. The minimum absolute atomic E-state index is 0.0141. The van der Waals surface area contributed by atoms with E-state index in [1.807, 2.05) is 36.4 Å². The fourth-order valence-corrected chi connectivity index (χ4v) is 3.63. The number of likely N-dealkylation sites (N-methyl/N-ethyl adjacent to an activating group) is 1. The number of aryl methyl sites for hydroxylation is 1. The van der Waals surface area contributed by atoms with Crippen molar-refractivity contribution in [2.75, 3.05) is 39.0 Å². The van der Waals surface area contributed by atoms with E-state index in [4.69, 9.17) is 0 Å². The van der Waals surface area contributed by atoms with Crippen molar-refractivity contribution in [2.24, 2.45) is 0 Å². The highest BCUT2D eigenvalue weighted by Gasteiger charge is 2.27. The maximum Gasteiger partial charge on any atom is 0.321 e. The van der Waals surface area contributed by atoms with Gasteiger partial charge in [-0.15, -0.1) is 0 Å². The summed E-state index contributed by atoms with van der Waals surface area (Å²) in [5.41, 5.74) is 3.21. The SMILES string of the molecule is Cc1cccc(NC(=O)N2CCCC(c3nccn3CCN(C)C)C2)c1C. The summed E-state index contributed by atoms with van der Waals surface area (Å²) in [6.45, 7) is 7.53. The van der Waals surface area contributed by atoms with E-state index in [2.05, 4.69) is 46.9 Å². The lowest BCUT2D eigenvalue weighted by Gasteiger charge is -2.33. The van der Waals surface area contributed by atoms with E-state index in [1.54, 1.807) is 0 Å². The second-order valence-corrected chi connectivity index (χ2v) is 7.74. The Bertz CT molecular complexity index is 783. The fraction of sp³-hybridized carbons (Fsp3) is 0.524. The third-order valence-electron chi connectivity index (χ3n) is 5.46. The monoisotopic (exact) mass is 369 g/mol. The molecule has 6 nitrogen and oxygen atoms in total. The summed E-state index contributed by atoms with van der Waals surface area (Å²) in [4.78, 5) is 21.5. The van der Waals surface area contributed by atoms with Crippen molar-refractivity contribution in [3.63, 3.8) is 0 Å². The molecule has 2 amide bonds. The summed E-state index contributed by atoms with van der Waals surface area (Å²) in [6.07, 6.45) is 6.01. The lowest BCUT2D eigenvalue weighted by atomic mass is 9.97. The van der Waals surface area contributed by atoms with E-state index >= 15 is 0 Å². The number of rotatable bonds is 5. The second-order valence-electron chi connectivity index (χ2n) is 7.74. The van der Waals surface area contributed by atoms with E-state index in [9.17, 15) is 4.79 Å². The van der Waals surface area contributed by atoms with Crippen molar-refractivity contribution < 1.29 is 4.79 Å². The highest BCUT2D eigenvalue weighted by Crippen LogP contribution is 2.27. The summed E-state index contributed by atoms with van der Waals surface area (Å²) in [5, 5.41) is 3.09. The third kappa shape index (κ3) is 4.69. The standard InChI is InChI=1S/C21H31N5O/c1-16-7-5-9-19(17(16)2)23-21(27)26-11-6-8-18(15-26)20-22-10-12-25(20)14-13-24(3)4/h5,7,9-10,12,18H,6,8,11,13-15H2,1-4H3,(H,23,27).